The van der Waals surface area contributed by atoms with Gasteiger partial charge in [-0.1, -0.05) is 11.6 Å². The molecule has 0 bridgehead atoms. The summed E-state index contributed by atoms with van der Waals surface area (Å²) in [7, 11) is 0. The Morgan fingerprint density at radius 3 is 2.89 bits per heavy atom. The lowest BCUT2D eigenvalue weighted by Crippen LogP contribution is -2.36. The van der Waals surface area contributed by atoms with Crippen molar-refractivity contribution in [2.75, 3.05) is 17.3 Å². The SMILES string of the molecule is CSCCC(N)C(=O)Nc1cnc(Cl)c(C)c1.Cl. The number of hydrogen-bond donors (Lipinski definition) is 2. The summed E-state index contributed by atoms with van der Waals surface area (Å²) in [6.07, 6.45) is 4.17. The lowest BCUT2D eigenvalue weighted by molar-refractivity contribution is -0.117. The molecule has 0 aromatic carbocycles. The van der Waals surface area contributed by atoms with Crippen molar-refractivity contribution in [1.29, 1.82) is 0 Å². The highest BCUT2D eigenvalue weighted by atomic mass is 35.5. The normalized spacial score (nSPS) is 11.6. The highest BCUT2D eigenvalue weighted by Gasteiger charge is 2.13. The van der Waals surface area contributed by atoms with Crippen molar-refractivity contribution >= 4 is 47.4 Å². The van der Waals surface area contributed by atoms with Gasteiger partial charge in [0, 0.05) is 0 Å². The van der Waals surface area contributed by atoms with Crippen LogP contribution in [0.25, 0.3) is 0 Å². The Morgan fingerprint density at radius 1 is 1.67 bits per heavy atom. The summed E-state index contributed by atoms with van der Waals surface area (Å²) in [6.45, 7) is 1.83. The molecule has 4 nitrogen and oxygen atoms in total. The van der Waals surface area contributed by atoms with E-state index in [4.69, 9.17) is 17.3 Å². The first-order valence-corrected chi connectivity index (χ1v) is 6.99. The molecule has 1 heterocycles. The molecule has 1 aromatic rings. The Labute approximate surface area is 122 Å². The van der Waals surface area contributed by atoms with Gasteiger partial charge in [0.15, 0.2) is 0 Å². The standard InChI is InChI=1S/C11H16ClN3OS.ClH/c1-7-5-8(6-14-10(7)12)15-11(16)9(13)3-4-17-2;/h5-6,9H,3-4,13H2,1-2H3,(H,15,16);1H. The number of rotatable bonds is 5. The lowest BCUT2D eigenvalue weighted by Gasteiger charge is -2.11. The van der Waals surface area contributed by atoms with E-state index in [0.717, 1.165) is 11.3 Å². The molecule has 0 aliphatic carbocycles. The molecular formula is C11H17Cl2N3OS. The molecule has 0 saturated carbocycles. The van der Waals surface area contributed by atoms with E-state index in [-0.39, 0.29) is 18.3 Å². The average Bonchev–Trinajstić information content (AvgIpc) is 2.30. The molecule has 102 valence electrons. The van der Waals surface area contributed by atoms with Gasteiger partial charge in [0.05, 0.1) is 17.9 Å². The van der Waals surface area contributed by atoms with Crippen molar-refractivity contribution in [2.45, 2.75) is 19.4 Å². The van der Waals surface area contributed by atoms with Crippen molar-refractivity contribution in [1.82, 2.24) is 4.98 Å². The van der Waals surface area contributed by atoms with Crippen LogP contribution in [0, 0.1) is 6.92 Å². The predicted molar refractivity (Wildman–Crippen MR) is 80.8 cm³/mol. The zero-order chi connectivity index (χ0) is 12.8. The number of nitrogens with two attached hydrogens (primary N) is 1. The van der Waals surface area contributed by atoms with Gasteiger partial charge in [-0.15, -0.1) is 12.4 Å². The molecule has 1 atom stereocenters. The minimum Gasteiger partial charge on any atom is -0.323 e. The molecule has 0 saturated heterocycles. The Balaban J connectivity index is 0.00000289. The predicted octanol–water partition coefficient (Wildman–Crippen LogP) is 2.48. The molecule has 0 spiro atoms. The summed E-state index contributed by atoms with van der Waals surface area (Å²) in [6, 6.07) is 1.28. The van der Waals surface area contributed by atoms with Crippen LogP contribution in [0.15, 0.2) is 12.3 Å². The summed E-state index contributed by atoms with van der Waals surface area (Å²) in [5, 5.41) is 3.16. The van der Waals surface area contributed by atoms with Crippen LogP contribution in [0.1, 0.15) is 12.0 Å². The molecule has 7 heteroatoms. The number of anilines is 1. The molecular weight excluding hydrogens is 293 g/mol. The van der Waals surface area contributed by atoms with E-state index in [2.05, 4.69) is 10.3 Å². The molecule has 1 aromatic heterocycles. The second-order valence-corrected chi connectivity index (χ2v) is 5.05. The highest BCUT2D eigenvalue weighted by molar-refractivity contribution is 7.98. The number of nitrogens with zero attached hydrogens (tertiary/aromatic N) is 1. The van der Waals surface area contributed by atoms with E-state index >= 15 is 0 Å². The summed E-state index contributed by atoms with van der Waals surface area (Å²) >= 11 is 7.47. The first kappa shape index (κ1) is 17.5. The van der Waals surface area contributed by atoms with E-state index < -0.39 is 6.04 Å². The highest BCUT2D eigenvalue weighted by Crippen LogP contribution is 2.16. The lowest BCUT2D eigenvalue weighted by atomic mass is 10.2. The molecule has 18 heavy (non-hydrogen) atoms. The first-order valence-electron chi connectivity index (χ1n) is 5.22. The summed E-state index contributed by atoms with van der Waals surface area (Å²) in [5.41, 5.74) is 7.19. The van der Waals surface area contributed by atoms with E-state index in [1.54, 1.807) is 17.8 Å². The molecule has 3 N–H and O–H groups in total. The zero-order valence-corrected chi connectivity index (χ0v) is 12.7. The maximum Gasteiger partial charge on any atom is 0.241 e. The number of thioether (sulfide) groups is 1. The fourth-order valence-corrected chi connectivity index (χ4v) is 1.83. The first-order chi connectivity index (χ1) is 8.04. The van der Waals surface area contributed by atoms with Gasteiger partial charge < -0.3 is 11.1 Å². The Bertz CT molecular complexity index is 404. The summed E-state index contributed by atoms with van der Waals surface area (Å²) in [4.78, 5) is 15.7. The minimum absolute atomic E-state index is 0. The van der Waals surface area contributed by atoms with Gasteiger partial charge in [0.25, 0.3) is 0 Å². The number of hydrogen-bond acceptors (Lipinski definition) is 4. The van der Waals surface area contributed by atoms with Crippen LogP contribution in [0.5, 0.6) is 0 Å². The van der Waals surface area contributed by atoms with Gasteiger partial charge in [-0.05, 0) is 37.0 Å². The van der Waals surface area contributed by atoms with Crippen molar-refractivity contribution in [3.63, 3.8) is 0 Å². The average molecular weight is 310 g/mol. The fraction of sp³-hybridized carbons (Fsp3) is 0.455. The van der Waals surface area contributed by atoms with Gasteiger partial charge in [0.1, 0.15) is 5.15 Å². The van der Waals surface area contributed by atoms with E-state index in [0.29, 0.717) is 17.3 Å². The fourth-order valence-electron chi connectivity index (χ4n) is 1.24. The Morgan fingerprint density at radius 2 is 2.33 bits per heavy atom. The quantitative estimate of drug-likeness (QED) is 0.820. The molecule has 1 unspecified atom stereocenters. The Kier molecular flexibility index (Phi) is 8.35. The van der Waals surface area contributed by atoms with Crippen LogP contribution >= 0.6 is 35.8 Å². The van der Waals surface area contributed by atoms with Crippen LogP contribution in [0.4, 0.5) is 5.69 Å². The number of aromatic nitrogens is 1. The van der Waals surface area contributed by atoms with Crippen molar-refractivity contribution in [3.05, 3.63) is 23.0 Å². The van der Waals surface area contributed by atoms with Crippen LogP contribution in [-0.2, 0) is 4.79 Å². The second kappa shape index (κ2) is 8.58. The minimum atomic E-state index is -0.488. The molecule has 0 aliphatic rings. The molecule has 1 amide bonds. The second-order valence-electron chi connectivity index (χ2n) is 3.71. The number of amides is 1. The maximum atomic E-state index is 11.7. The van der Waals surface area contributed by atoms with Gasteiger partial charge in [-0.25, -0.2) is 4.98 Å². The van der Waals surface area contributed by atoms with E-state index in [1.807, 2.05) is 13.2 Å². The summed E-state index contributed by atoms with van der Waals surface area (Å²) in [5.74, 6) is 0.675. The van der Waals surface area contributed by atoms with Crippen LogP contribution in [0.3, 0.4) is 0 Å². The van der Waals surface area contributed by atoms with Crippen LogP contribution < -0.4 is 11.1 Å². The van der Waals surface area contributed by atoms with E-state index in [9.17, 15) is 4.79 Å². The monoisotopic (exact) mass is 309 g/mol. The topological polar surface area (TPSA) is 68.0 Å². The van der Waals surface area contributed by atoms with Crippen LogP contribution in [0.2, 0.25) is 5.15 Å². The van der Waals surface area contributed by atoms with E-state index in [1.165, 1.54) is 6.20 Å². The number of halogens is 2. The van der Waals surface area contributed by atoms with Gasteiger partial charge in [-0.3, -0.25) is 4.79 Å². The van der Waals surface area contributed by atoms with Gasteiger partial charge in [-0.2, -0.15) is 11.8 Å². The molecule has 0 fully saturated rings. The van der Waals surface area contributed by atoms with Gasteiger partial charge in [0.2, 0.25) is 5.91 Å². The Hall–Kier alpha value is -0.490. The molecule has 0 radical (unpaired) electrons. The zero-order valence-electron chi connectivity index (χ0n) is 10.3. The number of carbonyl (C=O) groups is 1. The smallest absolute Gasteiger partial charge is 0.241 e. The number of aryl methyl sites for hydroxylation is 1. The number of carbonyl (C=O) groups excluding carboxylic acids is 1. The van der Waals surface area contributed by atoms with Gasteiger partial charge >= 0.3 is 0 Å². The maximum absolute atomic E-state index is 11.7. The third-order valence-electron chi connectivity index (χ3n) is 2.25. The van der Waals surface area contributed by atoms with Crippen LogP contribution in [-0.4, -0.2) is 28.9 Å². The third kappa shape index (κ3) is 5.44. The summed E-state index contributed by atoms with van der Waals surface area (Å²) < 4.78 is 0. The largest absolute Gasteiger partial charge is 0.323 e. The van der Waals surface area contributed by atoms with Crippen molar-refractivity contribution in [2.24, 2.45) is 5.73 Å². The molecule has 1 rings (SSSR count). The van der Waals surface area contributed by atoms with Crippen molar-refractivity contribution in [3.8, 4) is 0 Å². The third-order valence-corrected chi connectivity index (χ3v) is 3.29. The molecule has 0 aliphatic heterocycles. The van der Waals surface area contributed by atoms with Crippen molar-refractivity contribution < 1.29 is 4.79 Å². The number of nitrogens with one attached hydrogen (secondary N) is 1. The number of pyridine rings is 1.